The van der Waals surface area contributed by atoms with Crippen LogP contribution < -0.4 is 0 Å². The van der Waals surface area contributed by atoms with Crippen LogP contribution in [0.5, 0.6) is 6.08 Å². The summed E-state index contributed by atoms with van der Waals surface area (Å²) in [5.41, 5.74) is 2.42. The Morgan fingerprint density at radius 1 is 1.11 bits per heavy atom. The van der Waals surface area contributed by atoms with Gasteiger partial charge in [-0.2, -0.15) is 4.98 Å². The molecule has 0 atom stereocenters. The number of halogens is 1. The molecule has 1 heterocycles. The van der Waals surface area contributed by atoms with E-state index in [1.165, 1.54) is 5.56 Å². The van der Waals surface area contributed by atoms with Gasteiger partial charge in [0.25, 0.3) is 0 Å². The third kappa shape index (κ3) is 3.25. The quantitative estimate of drug-likeness (QED) is 0.660. The highest BCUT2D eigenvalue weighted by atomic mass is 35.5. The molecule has 0 saturated carbocycles. The van der Waals surface area contributed by atoms with Gasteiger partial charge in [-0.25, -0.2) is 0 Å². The molecule has 4 heteroatoms. The Labute approximate surface area is 110 Å². The maximum Gasteiger partial charge on any atom is 0.392 e. The molecule has 0 aliphatic rings. The highest BCUT2D eigenvalue weighted by Gasteiger charge is 2.02. The lowest BCUT2D eigenvalue weighted by Gasteiger charge is -1.85. The lowest BCUT2D eigenvalue weighted by atomic mass is 10.2. The predicted octanol–water partition coefficient (Wildman–Crippen LogP) is 4.18. The van der Waals surface area contributed by atoms with E-state index in [9.17, 15) is 0 Å². The van der Waals surface area contributed by atoms with Crippen molar-refractivity contribution in [3.63, 3.8) is 0 Å². The van der Waals surface area contributed by atoms with E-state index in [0.717, 1.165) is 0 Å². The molecule has 0 unspecified atom stereocenters. The lowest BCUT2D eigenvalue weighted by Crippen LogP contribution is -1.66. The Hall–Kier alpha value is -2.00. The number of fused-ring (bicyclic) bond motifs is 1. The minimum absolute atomic E-state index is 0.331. The average molecular weight is 262 g/mol. The van der Waals surface area contributed by atoms with Crippen molar-refractivity contribution in [1.29, 1.82) is 0 Å². The van der Waals surface area contributed by atoms with Gasteiger partial charge in [0.2, 0.25) is 0 Å². The number of aromatic hydroxyl groups is 1. The van der Waals surface area contributed by atoms with Gasteiger partial charge < -0.3 is 9.52 Å². The van der Waals surface area contributed by atoms with Crippen LogP contribution in [0.25, 0.3) is 11.1 Å². The van der Waals surface area contributed by atoms with Crippen LogP contribution in [-0.2, 0) is 0 Å². The Morgan fingerprint density at radius 2 is 1.83 bits per heavy atom. The van der Waals surface area contributed by atoms with Crippen LogP contribution in [0.15, 0.2) is 52.9 Å². The molecule has 0 aliphatic carbocycles. The Kier molecular flexibility index (Phi) is 3.85. The summed E-state index contributed by atoms with van der Waals surface area (Å²) >= 11 is 5.66. The number of benzene rings is 2. The van der Waals surface area contributed by atoms with Gasteiger partial charge in [-0.1, -0.05) is 47.5 Å². The minimum Gasteiger partial charge on any atom is -0.466 e. The van der Waals surface area contributed by atoms with E-state index in [4.69, 9.17) is 21.1 Å². The van der Waals surface area contributed by atoms with Crippen LogP contribution in [0, 0.1) is 6.92 Å². The van der Waals surface area contributed by atoms with Crippen molar-refractivity contribution >= 4 is 22.7 Å². The molecule has 1 aromatic heterocycles. The molecule has 0 saturated heterocycles. The molecule has 0 spiro atoms. The van der Waals surface area contributed by atoms with Gasteiger partial charge in [-0.05, 0) is 25.1 Å². The highest BCUT2D eigenvalue weighted by Crippen LogP contribution is 2.22. The van der Waals surface area contributed by atoms with Crippen LogP contribution in [0.4, 0.5) is 0 Å². The maximum atomic E-state index is 8.83. The summed E-state index contributed by atoms with van der Waals surface area (Å²) in [6.07, 6.45) is -0.331. The van der Waals surface area contributed by atoms with Crippen LogP contribution in [0.1, 0.15) is 5.56 Å². The second kappa shape index (κ2) is 5.56. The van der Waals surface area contributed by atoms with Gasteiger partial charge in [0, 0.05) is 5.02 Å². The molecule has 0 radical (unpaired) electrons. The average Bonchev–Trinajstić information content (AvgIpc) is 2.70. The summed E-state index contributed by atoms with van der Waals surface area (Å²) in [6, 6.07) is 15.2. The van der Waals surface area contributed by atoms with Gasteiger partial charge in [0.15, 0.2) is 5.58 Å². The summed E-state index contributed by atoms with van der Waals surface area (Å²) in [6.45, 7) is 2.08. The zero-order valence-electron chi connectivity index (χ0n) is 9.80. The van der Waals surface area contributed by atoms with Crippen LogP contribution >= 0.6 is 11.6 Å². The van der Waals surface area contributed by atoms with E-state index in [2.05, 4.69) is 24.0 Å². The molecule has 0 fully saturated rings. The summed E-state index contributed by atoms with van der Waals surface area (Å²) in [7, 11) is 0. The van der Waals surface area contributed by atoms with E-state index < -0.39 is 0 Å². The van der Waals surface area contributed by atoms with Crippen molar-refractivity contribution in [2.45, 2.75) is 6.92 Å². The molecule has 3 rings (SSSR count). The summed E-state index contributed by atoms with van der Waals surface area (Å²) < 4.78 is 4.81. The molecular weight excluding hydrogens is 250 g/mol. The fourth-order valence-electron chi connectivity index (χ4n) is 1.42. The molecule has 0 aliphatic heterocycles. The third-order valence-corrected chi connectivity index (χ3v) is 2.51. The van der Waals surface area contributed by atoms with Crippen LogP contribution in [0.3, 0.4) is 0 Å². The first-order valence-electron chi connectivity index (χ1n) is 5.42. The molecule has 2 aromatic carbocycles. The monoisotopic (exact) mass is 261 g/mol. The number of aromatic nitrogens is 1. The van der Waals surface area contributed by atoms with Crippen LogP contribution in [0.2, 0.25) is 5.02 Å². The van der Waals surface area contributed by atoms with Crippen molar-refractivity contribution in [2.24, 2.45) is 0 Å². The van der Waals surface area contributed by atoms with Crippen molar-refractivity contribution in [2.75, 3.05) is 0 Å². The standard InChI is InChI=1S/C7H4ClNO2.C7H8/c8-4-1-2-6-5(3-4)9-7(10)11-6;1-7-5-3-2-4-6-7/h1-3H,(H,9,10);2-6H,1H3. The van der Waals surface area contributed by atoms with Gasteiger partial charge in [-0.15, -0.1) is 0 Å². The molecular formula is C14H12ClNO2. The number of hydrogen-bond acceptors (Lipinski definition) is 3. The Bertz CT molecular complexity index is 635. The fourth-order valence-corrected chi connectivity index (χ4v) is 1.59. The largest absolute Gasteiger partial charge is 0.466 e. The van der Waals surface area contributed by atoms with E-state index in [1.54, 1.807) is 18.2 Å². The number of rotatable bonds is 0. The fraction of sp³-hybridized carbons (Fsp3) is 0.0714. The first-order valence-corrected chi connectivity index (χ1v) is 5.79. The number of nitrogens with zero attached hydrogens (tertiary/aromatic N) is 1. The van der Waals surface area contributed by atoms with Gasteiger partial charge in [0.05, 0.1) is 0 Å². The van der Waals surface area contributed by atoms with Gasteiger partial charge in [-0.3, -0.25) is 0 Å². The van der Waals surface area contributed by atoms with Gasteiger partial charge >= 0.3 is 6.08 Å². The molecule has 0 amide bonds. The lowest BCUT2D eigenvalue weighted by molar-refractivity contribution is 0.328. The summed E-state index contributed by atoms with van der Waals surface area (Å²) in [5, 5.41) is 9.40. The summed E-state index contributed by atoms with van der Waals surface area (Å²) in [4.78, 5) is 3.68. The molecule has 3 nitrogen and oxygen atoms in total. The molecule has 1 N–H and O–H groups in total. The molecule has 92 valence electrons. The van der Waals surface area contributed by atoms with E-state index in [1.807, 2.05) is 18.2 Å². The van der Waals surface area contributed by atoms with E-state index in [0.29, 0.717) is 16.1 Å². The molecule has 0 bridgehead atoms. The predicted molar refractivity (Wildman–Crippen MR) is 71.9 cm³/mol. The van der Waals surface area contributed by atoms with E-state index >= 15 is 0 Å². The summed E-state index contributed by atoms with van der Waals surface area (Å²) in [5.74, 6) is 0. The first-order chi connectivity index (χ1) is 8.65. The first kappa shape index (κ1) is 12.5. The smallest absolute Gasteiger partial charge is 0.392 e. The topological polar surface area (TPSA) is 46.3 Å². The SMILES string of the molecule is Cc1ccccc1.Oc1nc2cc(Cl)ccc2o1. The van der Waals surface area contributed by atoms with Crippen molar-refractivity contribution in [3.8, 4) is 6.08 Å². The number of hydrogen-bond donors (Lipinski definition) is 1. The highest BCUT2D eigenvalue weighted by molar-refractivity contribution is 6.31. The Balaban J connectivity index is 0.000000149. The van der Waals surface area contributed by atoms with Crippen molar-refractivity contribution in [1.82, 2.24) is 4.98 Å². The second-order valence-corrected chi connectivity index (χ2v) is 4.20. The molecule has 18 heavy (non-hydrogen) atoms. The maximum absolute atomic E-state index is 8.83. The van der Waals surface area contributed by atoms with Crippen LogP contribution in [-0.4, -0.2) is 10.1 Å². The second-order valence-electron chi connectivity index (χ2n) is 3.76. The number of oxazole rings is 1. The number of aryl methyl sites for hydroxylation is 1. The normalized spacial score (nSPS) is 9.89. The zero-order valence-corrected chi connectivity index (χ0v) is 10.6. The van der Waals surface area contributed by atoms with Gasteiger partial charge in [0.1, 0.15) is 5.52 Å². The van der Waals surface area contributed by atoms with Crippen molar-refractivity contribution in [3.05, 3.63) is 59.1 Å². The molecule has 3 aromatic rings. The van der Waals surface area contributed by atoms with E-state index in [-0.39, 0.29) is 6.08 Å². The Morgan fingerprint density at radius 3 is 2.44 bits per heavy atom. The van der Waals surface area contributed by atoms with Crippen molar-refractivity contribution < 1.29 is 9.52 Å². The zero-order chi connectivity index (χ0) is 13.0. The minimum atomic E-state index is -0.331. The third-order valence-electron chi connectivity index (χ3n) is 2.28.